The van der Waals surface area contributed by atoms with Crippen LogP contribution in [0.25, 0.3) is 0 Å². The molecule has 0 aliphatic carbocycles. The van der Waals surface area contributed by atoms with Crippen LogP contribution in [0.2, 0.25) is 0 Å². The Bertz CT molecular complexity index is 434. The van der Waals surface area contributed by atoms with Crippen molar-refractivity contribution in [1.29, 1.82) is 0 Å². The maximum absolute atomic E-state index is 12.1. The fourth-order valence-corrected chi connectivity index (χ4v) is 2.19. The molecule has 1 aromatic heterocycles. The van der Waals surface area contributed by atoms with E-state index in [1.54, 1.807) is 11.1 Å². The number of carbonyl (C=O) groups excluding carboxylic acids is 1. The van der Waals surface area contributed by atoms with Gasteiger partial charge in [0.05, 0.1) is 6.04 Å². The molecule has 1 aliphatic rings. The fraction of sp³-hybridized carbons (Fsp3) is 0.692. The molecule has 1 aromatic rings. The molecule has 0 bridgehead atoms. The number of aryl methyl sites for hydroxylation is 1. The average molecular weight is 251 g/mol. The van der Waals surface area contributed by atoms with Crippen molar-refractivity contribution in [2.24, 2.45) is 0 Å². The Morgan fingerprint density at radius 1 is 1.56 bits per heavy atom. The molecule has 0 saturated carbocycles. The highest BCUT2D eigenvalue weighted by atomic mass is 16.6. The van der Waals surface area contributed by atoms with Gasteiger partial charge in [0, 0.05) is 18.4 Å². The third-order valence-electron chi connectivity index (χ3n) is 2.92. The zero-order valence-electron chi connectivity index (χ0n) is 11.5. The first-order chi connectivity index (χ1) is 8.37. The van der Waals surface area contributed by atoms with Crippen LogP contribution in [-0.4, -0.2) is 33.1 Å². The van der Waals surface area contributed by atoms with Gasteiger partial charge in [0.25, 0.3) is 0 Å². The molecule has 1 aliphatic heterocycles. The van der Waals surface area contributed by atoms with Gasteiger partial charge < -0.3 is 9.72 Å². The van der Waals surface area contributed by atoms with Gasteiger partial charge in [-0.15, -0.1) is 0 Å². The molecule has 1 saturated heterocycles. The summed E-state index contributed by atoms with van der Waals surface area (Å²) in [6.07, 6.45) is 3.47. The molecule has 1 fully saturated rings. The Kier molecular flexibility index (Phi) is 3.32. The van der Waals surface area contributed by atoms with E-state index in [2.05, 4.69) is 9.97 Å². The van der Waals surface area contributed by atoms with Gasteiger partial charge in [-0.25, -0.2) is 9.78 Å². The van der Waals surface area contributed by atoms with Crippen molar-refractivity contribution in [3.8, 4) is 0 Å². The number of carbonyl (C=O) groups is 1. The summed E-state index contributed by atoms with van der Waals surface area (Å²) in [7, 11) is 0. The van der Waals surface area contributed by atoms with Gasteiger partial charge in [0.1, 0.15) is 11.4 Å². The van der Waals surface area contributed by atoms with Crippen molar-refractivity contribution < 1.29 is 9.53 Å². The smallest absolute Gasteiger partial charge is 0.410 e. The maximum atomic E-state index is 12.1. The molecular formula is C13H21N3O2. The highest BCUT2D eigenvalue weighted by Crippen LogP contribution is 2.31. The molecule has 0 aromatic carbocycles. The minimum absolute atomic E-state index is 0.0218. The summed E-state index contributed by atoms with van der Waals surface area (Å²) in [5.74, 6) is 0.857. The summed E-state index contributed by atoms with van der Waals surface area (Å²) in [6, 6.07) is 0.0218. The minimum atomic E-state index is -0.455. The van der Waals surface area contributed by atoms with Crippen LogP contribution in [0.1, 0.15) is 51.2 Å². The molecule has 0 spiro atoms. The second kappa shape index (κ2) is 4.63. The van der Waals surface area contributed by atoms with Crippen molar-refractivity contribution in [2.45, 2.75) is 52.2 Å². The van der Waals surface area contributed by atoms with Gasteiger partial charge >= 0.3 is 6.09 Å². The predicted molar refractivity (Wildman–Crippen MR) is 68.2 cm³/mol. The number of likely N-dealkylation sites (tertiary alicyclic amines) is 1. The van der Waals surface area contributed by atoms with Crippen LogP contribution >= 0.6 is 0 Å². The second-order valence-electron chi connectivity index (χ2n) is 5.78. The molecule has 1 amide bonds. The third-order valence-corrected chi connectivity index (χ3v) is 2.92. The standard InChI is InChI=1S/C13H21N3O2/c1-9-8-14-11(15-9)10-6-5-7-16(10)12(17)18-13(2,3)4/h8,10H,5-7H2,1-4H3,(H,14,15)/t10-/m0/s1. The minimum Gasteiger partial charge on any atom is -0.444 e. The number of aromatic amines is 1. The Hall–Kier alpha value is -1.52. The Labute approximate surface area is 108 Å². The SMILES string of the molecule is Cc1cnc([C@@H]2CCCN2C(=O)OC(C)(C)C)[nH]1. The number of amides is 1. The average Bonchev–Trinajstić information content (AvgIpc) is 2.81. The van der Waals surface area contributed by atoms with Crippen LogP contribution in [0.3, 0.4) is 0 Å². The number of rotatable bonds is 1. The van der Waals surface area contributed by atoms with Crippen molar-refractivity contribution in [2.75, 3.05) is 6.54 Å². The Morgan fingerprint density at radius 2 is 2.28 bits per heavy atom. The zero-order chi connectivity index (χ0) is 13.3. The number of aromatic nitrogens is 2. The lowest BCUT2D eigenvalue weighted by Gasteiger charge is -2.27. The quantitative estimate of drug-likeness (QED) is 0.835. The van der Waals surface area contributed by atoms with E-state index in [0.717, 1.165) is 30.9 Å². The zero-order valence-corrected chi connectivity index (χ0v) is 11.5. The lowest BCUT2D eigenvalue weighted by molar-refractivity contribution is 0.0218. The highest BCUT2D eigenvalue weighted by Gasteiger charge is 2.34. The van der Waals surface area contributed by atoms with E-state index >= 15 is 0 Å². The van der Waals surface area contributed by atoms with Crippen LogP contribution in [0.15, 0.2) is 6.20 Å². The van der Waals surface area contributed by atoms with Gasteiger partial charge in [0.2, 0.25) is 0 Å². The summed E-state index contributed by atoms with van der Waals surface area (Å²) in [5.41, 5.74) is 0.560. The summed E-state index contributed by atoms with van der Waals surface area (Å²) in [4.78, 5) is 21.4. The number of H-pyrrole nitrogens is 1. The second-order valence-corrected chi connectivity index (χ2v) is 5.78. The van der Waals surface area contributed by atoms with Crippen molar-refractivity contribution in [3.05, 3.63) is 17.7 Å². The first kappa shape index (κ1) is 12.9. The van der Waals surface area contributed by atoms with E-state index in [0.29, 0.717) is 0 Å². The summed E-state index contributed by atoms with van der Waals surface area (Å²) in [6.45, 7) is 8.34. The van der Waals surface area contributed by atoms with Crippen LogP contribution in [0, 0.1) is 6.92 Å². The van der Waals surface area contributed by atoms with Crippen LogP contribution < -0.4 is 0 Å². The number of imidazole rings is 1. The first-order valence-corrected chi connectivity index (χ1v) is 6.38. The molecule has 0 unspecified atom stereocenters. The van der Waals surface area contributed by atoms with Crippen molar-refractivity contribution in [3.63, 3.8) is 0 Å². The Morgan fingerprint density at radius 3 is 2.83 bits per heavy atom. The molecule has 2 rings (SSSR count). The molecule has 100 valence electrons. The number of nitrogens with one attached hydrogen (secondary N) is 1. The molecule has 2 heterocycles. The highest BCUT2D eigenvalue weighted by molar-refractivity contribution is 5.69. The first-order valence-electron chi connectivity index (χ1n) is 6.38. The van der Waals surface area contributed by atoms with Gasteiger partial charge in [-0.05, 0) is 40.5 Å². The van der Waals surface area contributed by atoms with Gasteiger partial charge in [-0.3, -0.25) is 4.90 Å². The normalized spacial score (nSPS) is 20.2. The van der Waals surface area contributed by atoms with Crippen LogP contribution in [0.4, 0.5) is 4.79 Å². The number of hydrogen-bond acceptors (Lipinski definition) is 3. The lowest BCUT2D eigenvalue weighted by Crippen LogP contribution is -2.36. The van der Waals surface area contributed by atoms with Gasteiger partial charge in [-0.2, -0.15) is 0 Å². The maximum Gasteiger partial charge on any atom is 0.410 e. The van der Waals surface area contributed by atoms with Gasteiger partial charge in [0.15, 0.2) is 0 Å². The third kappa shape index (κ3) is 2.83. The molecule has 1 N–H and O–H groups in total. The largest absolute Gasteiger partial charge is 0.444 e. The molecule has 5 heteroatoms. The number of nitrogens with zero attached hydrogens (tertiary/aromatic N) is 2. The molecule has 5 nitrogen and oxygen atoms in total. The monoisotopic (exact) mass is 251 g/mol. The molecule has 1 atom stereocenters. The topological polar surface area (TPSA) is 58.2 Å². The van der Waals surface area contributed by atoms with Crippen LogP contribution in [0.5, 0.6) is 0 Å². The van der Waals surface area contributed by atoms with E-state index < -0.39 is 5.60 Å². The van der Waals surface area contributed by atoms with Gasteiger partial charge in [-0.1, -0.05) is 0 Å². The van der Waals surface area contributed by atoms with E-state index in [-0.39, 0.29) is 12.1 Å². The summed E-state index contributed by atoms with van der Waals surface area (Å²) in [5, 5.41) is 0. The van der Waals surface area contributed by atoms with Crippen LogP contribution in [-0.2, 0) is 4.74 Å². The number of ether oxygens (including phenoxy) is 1. The molecular weight excluding hydrogens is 230 g/mol. The number of hydrogen-bond donors (Lipinski definition) is 1. The van der Waals surface area contributed by atoms with E-state index in [1.807, 2.05) is 27.7 Å². The van der Waals surface area contributed by atoms with Crippen molar-refractivity contribution >= 4 is 6.09 Å². The molecule has 0 radical (unpaired) electrons. The van der Waals surface area contributed by atoms with E-state index in [1.165, 1.54) is 0 Å². The molecule has 18 heavy (non-hydrogen) atoms. The van der Waals surface area contributed by atoms with E-state index in [9.17, 15) is 4.79 Å². The lowest BCUT2D eigenvalue weighted by atomic mass is 10.2. The van der Waals surface area contributed by atoms with Crippen molar-refractivity contribution in [1.82, 2.24) is 14.9 Å². The predicted octanol–water partition coefficient (Wildman–Crippen LogP) is 2.79. The Balaban J connectivity index is 2.10. The summed E-state index contributed by atoms with van der Waals surface area (Å²) >= 11 is 0. The fourth-order valence-electron chi connectivity index (χ4n) is 2.19. The summed E-state index contributed by atoms with van der Waals surface area (Å²) < 4.78 is 5.43. The van der Waals surface area contributed by atoms with E-state index in [4.69, 9.17) is 4.74 Å².